The summed E-state index contributed by atoms with van der Waals surface area (Å²) in [6.45, 7) is 0.0695. The highest BCUT2D eigenvalue weighted by Crippen LogP contribution is 2.24. The van der Waals surface area contributed by atoms with Gasteiger partial charge in [0, 0.05) is 6.61 Å². The predicted molar refractivity (Wildman–Crippen MR) is 61.8 cm³/mol. The summed E-state index contributed by atoms with van der Waals surface area (Å²) >= 11 is 0. The number of hydrogen-bond acceptors (Lipinski definition) is 3. The van der Waals surface area contributed by atoms with Gasteiger partial charge in [-0.2, -0.15) is 5.06 Å². The number of hydrogen-bond donors (Lipinski definition) is 3. The Kier molecular flexibility index (Phi) is 5.45. The SMILES string of the molecule is O=C(O)N(O)C(CCCCO)c1ccccc1. The molecule has 1 unspecified atom stereocenters. The summed E-state index contributed by atoms with van der Waals surface area (Å²) in [7, 11) is 0. The van der Waals surface area contributed by atoms with Gasteiger partial charge in [0.15, 0.2) is 0 Å². The molecular formula is C12H17NO4. The standard InChI is InChI=1S/C12H17NO4/c14-9-5-4-8-11(13(17)12(15)16)10-6-2-1-3-7-10/h1-3,6-7,11,14,17H,4-5,8-9H2,(H,15,16). The van der Waals surface area contributed by atoms with Crippen LogP contribution in [0.5, 0.6) is 0 Å². The monoisotopic (exact) mass is 239 g/mol. The van der Waals surface area contributed by atoms with Crippen molar-refractivity contribution in [3.05, 3.63) is 35.9 Å². The van der Waals surface area contributed by atoms with Gasteiger partial charge in [-0.25, -0.2) is 4.79 Å². The van der Waals surface area contributed by atoms with Crippen molar-refractivity contribution in [2.75, 3.05) is 6.61 Å². The second-order valence-corrected chi connectivity index (χ2v) is 3.77. The van der Waals surface area contributed by atoms with Crippen LogP contribution in [0.1, 0.15) is 30.9 Å². The van der Waals surface area contributed by atoms with E-state index in [2.05, 4.69) is 0 Å². The van der Waals surface area contributed by atoms with E-state index in [1.54, 1.807) is 24.3 Å². The molecule has 1 amide bonds. The zero-order chi connectivity index (χ0) is 12.7. The number of rotatable bonds is 6. The summed E-state index contributed by atoms with van der Waals surface area (Å²) in [6.07, 6.45) is 0.354. The Labute approximate surface area is 99.9 Å². The lowest BCUT2D eigenvalue weighted by Gasteiger charge is -2.23. The molecule has 1 aromatic carbocycles. The first-order valence-corrected chi connectivity index (χ1v) is 5.53. The summed E-state index contributed by atoms with van der Waals surface area (Å²) in [5.74, 6) is 0. The van der Waals surface area contributed by atoms with E-state index in [9.17, 15) is 10.0 Å². The van der Waals surface area contributed by atoms with Gasteiger partial charge in [0.25, 0.3) is 0 Å². The largest absolute Gasteiger partial charge is 0.463 e. The van der Waals surface area contributed by atoms with E-state index in [0.29, 0.717) is 24.3 Å². The van der Waals surface area contributed by atoms with E-state index >= 15 is 0 Å². The molecule has 0 fully saturated rings. The third kappa shape index (κ3) is 4.05. The minimum atomic E-state index is -1.37. The van der Waals surface area contributed by atoms with Crippen LogP contribution < -0.4 is 0 Å². The molecule has 0 spiro atoms. The van der Waals surface area contributed by atoms with Crippen molar-refractivity contribution < 1.29 is 20.2 Å². The molecular weight excluding hydrogens is 222 g/mol. The minimum Gasteiger partial charge on any atom is -0.463 e. The molecule has 94 valence electrons. The average molecular weight is 239 g/mol. The molecule has 0 radical (unpaired) electrons. The van der Waals surface area contributed by atoms with Crippen LogP contribution in [-0.2, 0) is 0 Å². The van der Waals surface area contributed by atoms with Crippen LogP contribution in [-0.4, -0.2) is 33.2 Å². The van der Waals surface area contributed by atoms with E-state index in [1.807, 2.05) is 6.07 Å². The van der Waals surface area contributed by atoms with Crippen molar-refractivity contribution in [1.29, 1.82) is 0 Å². The summed E-state index contributed by atoms with van der Waals surface area (Å²) in [6, 6.07) is 8.39. The lowest BCUT2D eigenvalue weighted by Crippen LogP contribution is -2.30. The maximum absolute atomic E-state index is 10.8. The Morgan fingerprint density at radius 3 is 2.41 bits per heavy atom. The Bertz CT molecular complexity index is 342. The Balaban J connectivity index is 2.75. The summed E-state index contributed by atoms with van der Waals surface area (Å²) in [4.78, 5) is 10.8. The lowest BCUT2D eigenvalue weighted by atomic mass is 10.0. The van der Waals surface area contributed by atoms with Gasteiger partial charge in [0.2, 0.25) is 0 Å². The predicted octanol–water partition coefficient (Wildman–Crippen LogP) is 2.26. The zero-order valence-corrected chi connectivity index (χ0v) is 9.49. The van der Waals surface area contributed by atoms with Gasteiger partial charge in [-0.15, -0.1) is 0 Å². The van der Waals surface area contributed by atoms with Crippen molar-refractivity contribution in [2.45, 2.75) is 25.3 Å². The molecule has 0 saturated heterocycles. The topological polar surface area (TPSA) is 81.0 Å². The number of nitrogens with zero attached hydrogens (tertiary/aromatic N) is 1. The van der Waals surface area contributed by atoms with E-state index < -0.39 is 12.1 Å². The van der Waals surface area contributed by atoms with E-state index in [1.165, 1.54) is 0 Å². The summed E-state index contributed by atoms with van der Waals surface area (Å²) in [5.41, 5.74) is 0.746. The molecule has 0 aliphatic carbocycles. The molecule has 3 N–H and O–H groups in total. The summed E-state index contributed by atoms with van der Waals surface area (Å²) in [5, 5.41) is 27.3. The van der Waals surface area contributed by atoms with Crippen LogP contribution in [0.2, 0.25) is 0 Å². The lowest BCUT2D eigenvalue weighted by molar-refractivity contribution is -0.100. The van der Waals surface area contributed by atoms with E-state index in [4.69, 9.17) is 10.2 Å². The molecule has 17 heavy (non-hydrogen) atoms. The first-order chi connectivity index (χ1) is 8.16. The van der Waals surface area contributed by atoms with Crippen molar-refractivity contribution in [3.63, 3.8) is 0 Å². The second kappa shape index (κ2) is 6.88. The molecule has 1 atom stereocenters. The van der Waals surface area contributed by atoms with Gasteiger partial charge in [-0.05, 0) is 24.8 Å². The third-order valence-corrected chi connectivity index (χ3v) is 2.56. The molecule has 0 heterocycles. The Hall–Kier alpha value is -1.59. The fraction of sp³-hybridized carbons (Fsp3) is 0.417. The number of carbonyl (C=O) groups is 1. The smallest absolute Gasteiger partial charge is 0.431 e. The highest BCUT2D eigenvalue weighted by Gasteiger charge is 2.22. The third-order valence-electron chi connectivity index (χ3n) is 2.56. The Morgan fingerprint density at radius 1 is 1.24 bits per heavy atom. The van der Waals surface area contributed by atoms with E-state index in [0.717, 1.165) is 5.56 Å². The fourth-order valence-electron chi connectivity index (χ4n) is 1.69. The van der Waals surface area contributed by atoms with Crippen LogP contribution in [0.25, 0.3) is 0 Å². The van der Waals surface area contributed by atoms with Crippen LogP contribution >= 0.6 is 0 Å². The molecule has 5 nitrogen and oxygen atoms in total. The number of unbranched alkanes of at least 4 members (excludes halogenated alkanes) is 1. The first kappa shape index (κ1) is 13.5. The fourth-order valence-corrected chi connectivity index (χ4v) is 1.69. The maximum atomic E-state index is 10.8. The molecule has 5 heteroatoms. The number of aliphatic hydroxyl groups excluding tert-OH is 1. The van der Waals surface area contributed by atoms with Crippen molar-refractivity contribution in [3.8, 4) is 0 Å². The molecule has 1 aromatic rings. The highest BCUT2D eigenvalue weighted by atomic mass is 16.6. The number of amides is 1. The number of benzene rings is 1. The number of aliphatic hydroxyl groups is 1. The van der Waals surface area contributed by atoms with Crippen molar-refractivity contribution >= 4 is 6.09 Å². The maximum Gasteiger partial charge on any atom is 0.431 e. The van der Waals surface area contributed by atoms with Gasteiger partial charge in [-0.1, -0.05) is 30.3 Å². The average Bonchev–Trinajstić information content (AvgIpc) is 2.35. The second-order valence-electron chi connectivity index (χ2n) is 3.77. The van der Waals surface area contributed by atoms with Crippen LogP contribution in [0.15, 0.2) is 30.3 Å². The highest BCUT2D eigenvalue weighted by molar-refractivity contribution is 5.64. The molecule has 0 saturated carbocycles. The Morgan fingerprint density at radius 2 is 1.88 bits per heavy atom. The molecule has 1 rings (SSSR count). The van der Waals surface area contributed by atoms with Gasteiger partial charge < -0.3 is 10.2 Å². The molecule has 0 aliphatic heterocycles. The van der Waals surface area contributed by atoms with Gasteiger partial charge in [-0.3, -0.25) is 5.21 Å². The molecule has 0 bridgehead atoms. The minimum absolute atomic E-state index is 0.0695. The first-order valence-electron chi connectivity index (χ1n) is 5.53. The van der Waals surface area contributed by atoms with Gasteiger partial charge in [0.1, 0.15) is 0 Å². The van der Waals surface area contributed by atoms with Crippen molar-refractivity contribution in [1.82, 2.24) is 5.06 Å². The normalized spacial score (nSPS) is 12.1. The van der Waals surface area contributed by atoms with Gasteiger partial charge in [0.05, 0.1) is 6.04 Å². The quantitative estimate of drug-likeness (QED) is 0.404. The molecule has 0 aromatic heterocycles. The van der Waals surface area contributed by atoms with Crippen LogP contribution in [0.3, 0.4) is 0 Å². The van der Waals surface area contributed by atoms with Crippen LogP contribution in [0.4, 0.5) is 4.79 Å². The van der Waals surface area contributed by atoms with Crippen molar-refractivity contribution in [2.24, 2.45) is 0 Å². The van der Waals surface area contributed by atoms with Gasteiger partial charge >= 0.3 is 6.09 Å². The zero-order valence-electron chi connectivity index (χ0n) is 9.49. The van der Waals surface area contributed by atoms with E-state index in [-0.39, 0.29) is 6.61 Å². The number of hydroxylamine groups is 2. The number of carboxylic acid groups (broad SMARTS) is 1. The summed E-state index contributed by atoms with van der Waals surface area (Å²) < 4.78 is 0. The van der Waals surface area contributed by atoms with Crippen LogP contribution in [0, 0.1) is 0 Å². The molecule has 0 aliphatic rings.